The number of rotatable bonds is 4. The Morgan fingerprint density at radius 1 is 1.35 bits per heavy atom. The van der Waals surface area contributed by atoms with E-state index in [1.807, 2.05) is 0 Å². The lowest BCUT2D eigenvalue weighted by atomic mass is 9.90. The number of carbonyl (C=O) groups is 3. The van der Waals surface area contributed by atoms with E-state index in [0.717, 1.165) is 0 Å². The fraction of sp³-hybridized carbons (Fsp3) is 0.438. The molecule has 0 bridgehead atoms. The van der Waals surface area contributed by atoms with E-state index < -0.39 is 23.4 Å². The quantitative estimate of drug-likeness (QED) is 0.829. The number of urea groups is 1. The standard InChI is InChI=1S/C16H20N2O5/c1-3-23-13(19)11-6-4-5-7-12(11)17-15(22)18-9-8-16(2,10-18)14(20)21/h4-7H,3,8-10H2,1-2H3,(H,17,22)(H,20,21). The van der Waals surface area contributed by atoms with Gasteiger partial charge in [0.2, 0.25) is 0 Å². The Labute approximate surface area is 134 Å². The average Bonchev–Trinajstić information content (AvgIpc) is 2.92. The van der Waals surface area contributed by atoms with Crippen LogP contribution in [-0.4, -0.2) is 47.7 Å². The van der Waals surface area contributed by atoms with E-state index in [2.05, 4.69) is 5.32 Å². The first-order valence-corrected chi connectivity index (χ1v) is 7.43. The third-order valence-corrected chi connectivity index (χ3v) is 3.94. The molecule has 1 aliphatic rings. The van der Waals surface area contributed by atoms with Gasteiger partial charge in [0.1, 0.15) is 0 Å². The molecule has 0 radical (unpaired) electrons. The number of ether oxygens (including phenoxy) is 1. The van der Waals surface area contributed by atoms with Crippen molar-refractivity contribution in [3.05, 3.63) is 29.8 Å². The Morgan fingerprint density at radius 3 is 2.65 bits per heavy atom. The topological polar surface area (TPSA) is 95.9 Å². The van der Waals surface area contributed by atoms with Crippen LogP contribution in [0, 0.1) is 5.41 Å². The summed E-state index contributed by atoms with van der Waals surface area (Å²) in [5.41, 5.74) is -0.319. The number of carbonyl (C=O) groups excluding carboxylic acids is 2. The van der Waals surface area contributed by atoms with Gasteiger partial charge in [-0.2, -0.15) is 0 Å². The van der Waals surface area contributed by atoms with Crippen molar-refractivity contribution in [3.63, 3.8) is 0 Å². The lowest BCUT2D eigenvalue weighted by Crippen LogP contribution is -2.37. The normalized spacial score (nSPS) is 20.2. The van der Waals surface area contributed by atoms with Crippen LogP contribution in [0.15, 0.2) is 24.3 Å². The van der Waals surface area contributed by atoms with Crippen LogP contribution >= 0.6 is 0 Å². The van der Waals surface area contributed by atoms with Gasteiger partial charge in [0.05, 0.1) is 23.3 Å². The molecule has 124 valence electrons. The second-order valence-corrected chi connectivity index (χ2v) is 5.73. The summed E-state index contributed by atoms with van der Waals surface area (Å²) >= 11 is 0. The minimum atomic E-state index is -0.933. The summed E-state index contributed by atoms with van der Waals surface area (Å²) in [5.74, 6) is -1.43. The van der Waals surface area contributed by atoms with Crippen molar-refractivity contribution >= 4 is 23.7 Å². The summed E-state index contributed by atoms with van der Waals surface area (Å²) in [7, 11) is 0. The van der Waals surface area contributed by atoms with Gasteiger partial charge in [0.25, 0.3) is 0 Å². The highest BCUT2D eigenvalue weighted by molar-refractivity contribution is 6.01. The molecular formula is C16H20N2O5. The van der Waals surface area contributed by atoms with Crippen molar-refractivity contribution in [2.75, 3.05) is 25.0 Å². The smallest absolute Gasteiger partial charge is 0.340 e. The number of aliphatic carboxylic acids is 1. The maximum atomic E-state index is 12.3. The fourth-order valence-electron chi connectivity index (χ4n) is 2.48. The molecule has 1 aromatic rings. The van der Waals surface area contributed by atoms with Gasteiger partial charge >= 0.3 is 18.0 Å². The van der Waals surface area contributed by atoms with E-state index in [-0.39, 0.29) is 18.7 Å². The van der Waals surface area contributed by atoms with Crippen LogP contribution in [0.25, 0.3) is 0 Å². The molecule has 0 saturated carbocycles. The zero-order valence-corrected chi connectivity index (χ0v) is 13.2. The highest BCUT2D eigenvalue weighted by atomic mass is 16.5. The predicted molar refractivity (Wildman–Crippen MR) is 83.4 cm³/mol. The van der Waals surface area contributed by atoms with Crippen LogP contribution in [0.2, 0.25) is 0 Å². The Kier molecular flexibility index (Phi) is 4.88. The van der Waals surface area contributed by atoms with E-state index in [4.69, 9.17) is 4.74 Å². The van der Waals surface area contributed by atoms with Crippen molar-refractivity contribution in [1.82, 2.24) is 4.90 Å². The molecule has 23 heavy (non-hydrogen) atoms. The molecule has 0 aliphatic carbocycles. The van der Waals surface area contributed by atoms with Crippen LogP contribution in [0.4, 0.5) is 10.5 Å². The molecule has 1 heterocycles. The molecule has 2 amide bonds. The highest BCUT2D eigenvalue weighted by Crippen LogP contribution is 2.30. The summed E-state index contributed by atoms with van der Waals surface area (Å²) < 4.78 is 4.96. The van der Waals surface area contributed by atoms with Crippen molar-refractivity contribution in [2.24, 2.45) is 5.41 Å². The largest absolute Gasteiger partial charge is 0.481 e. The van der Waals surface area contributed by atoms with Crippen molar-refractivity contribution in [2.45, 2.75) is 20.3 Å². The monoisotopic (exact) mass is 320 g/mol. The van der Waals surface area contributed by atoms with E-state index in [0.29, 0.717) is 18.7 Å². The molecule has 1 saturated heterocycles. The number of amides is 2. The Hall–Kier alpha value is -2.57. The van der Waals surface area contributed by atoms with Gasteiger partial charge < -0.3 is 20.1 Å². The zero-order chi connectivity index (χ0) is 17.0. The molecule has 1 unspecified atom stereocenters. The molecule has 1 atom stereocenters. The SMILES string of the molecule is CCOC(=O)c1ccccc1NC(=O)N1CCC(C)(C(=O)O)C1. The number of nitrogens with one attached hydrogen (secondary N) is 1. The summed E-state index contributed by atoms with van der Waals surface area (Å²) in [6, 6.07) is 6.13. The molecule has 1 fully saturated rings. The first-order valence-electron chi connectivity index (χ1n) is 7.43. The Morgan fingerprint density at radius 2 is 2.04 bits per heavy atom. The van der Waals surface area contributed by atoms with E-state index >= 15 is 0 Å². The summed E-state index contributed by atoms with van der Waals surface area (Å²) in [6.45, 7) is 4.06. The third-order valence-electron chi connectivity index (χ3n) is 3.94. The number of anilines is 1. The third kappa shape index (κ3) is 3.61. The molecule has 0 aromatic heterocycles. The number of likely N-dealkylation sites (tertiary alicyclic amines) is 1. The van der Waals surface area contributed by atoms with Gasteiger partial charge in [0.15, 0.2) is 0 Å². The second-order valence-electron chi connectivity index (χ2n) is 5.73. The molecule has 1 aliphatic heterocycles. The average molecular weight is 320 g/mol. The maximum Gasteiger partial charge on any atom is 0.340 e. The number of hydrogen-bond donors (Lipinski definition) is 2. The summed E-state index contributed by atoms with van der Waals surface area (Å²) in [5, 5.41) is 11.9. The van der Waals surface area contributed by atoms with Crippen LogP contribution in [-0.2, 0) is 9.53 Å². The minimum Gasteiger partial charge on any atom is -0.481 e. The minimum absolute atomic E-state index is 0.135. The van der Waals surface area contributed by atoms with Gasteiger partial charge in [-0.05, 0) is 32.4 Å². The molecule has 7 nitrogen and oxygen atoms in total. The van der Waals surface area contributed by atoms with Gasteiger partial charge in [-0.25, -0.2) is 9.59 Å². The van der Waals surface area contributed by atoms with Gasteiger partial charge in [0, 0.05) is 13.1 Å². The van der Waals surface area contributed by atoms with Crippen LogP contribution in [0.5, 0.6) is 0 Å². The van der Waals surface area contributed by atoms with Crippen molar-refractivity contribution in [1.29, 1.82) is 0 Å². The van der Waals surface area contributed by atoms with Crippen molar-refractivity contribution in [3.8, 4) is 0 Å². The number of nitrogens with zero attached hydrogens (tertiary/aromatic N) is 1. The van der Waals surface area contributed by atoms with Gasteiger partial charge in [-0.1, -0.05) is 12.1 Å². The number of esters is 1. The summed E-state index contributed by atoms with van der Waals surface area (Å²) in [6.07, 6.45) is 0.398. The number of carboxylic acid groups (broad SMARTS) is 1. The van der Waals surface area contributed by atoms with Crippen LogP contribution < -0.4 is 5.32 Å². The lowest BCUT2D eigenvalue weighted by molar-refractivity contribution is -0.146. The molecule has 7 heteroatoms. The number of para-hydroxylation sites is 1. The molecular weight excluding hydrogens is 300 g/mol. The molecule has 2 rings (SSSR count). The zero-order valence-electron chi connectivity index (χ0n) is 13.2. The van der Waals surface area contributed by atoms with Crippen molar-refractivity contribution < 1.29 is 24.2 Å². The molecule has 1 aromatic carbocycles. The first-order chi connectivity index (χ1) is 10.9. The van der Waals surface area contributed by atoms with E-state index in [1.54, 1.807) is 38.1 Å². The van der Waals surface area contributed by atoms with Gasteiger partial charge in [-0.15, -0.1) is 0 Å². The van der Waals surface area contributed by atoms with E-state index in [9.17, 15) is 19.5 Å². The molecule has 2 N–H and O–H groups in total. The van der Waals surface area contributed by atoms with E-state index in [1.165, 1.54) is 4.90 Å². The predicted octanol–water partition coefficient (Wildman–Crippen LogP) is 2.19. The number of benzene rings is 1. The molecule has 0 spiro atoms. The summed E-state index contributed by atoms with van der Waals surface area (Å²) in [4.78, 5) is 36.9. The van der Waals surface area contributed by atoms with Crippen LogP contribution in [0.1, 0.15) is 30.6 Å². The van der Waals surface area contributed by atoms with Crippen LogP contribution in [0.3, 0.4) is 0 Å². The maximum absolute atomic E-state index is 12.3. The Bertz CT molecular complexity index is 631. The second kappa shape index (κ2) is 6.68. The lowest BCUT2D eigenvalue weighted by Gasteiger charge is -2.21. The number of hydrogen-bond acceptors (Lipinski definition) is 4. The Balaban J connectivity index is 2.10. The first kappa shape index (κ1) is 16.8. The fourth-order valence-corrected chi connectivity index (χ4v) is 2.48. The van der Waals surface area contributed by atoms with Gasteiger partial charge in [-0.3, -0.25) is 4.79 Å². The number of carboxylic acids is 1. The highest BCUT2D eigenvalue weighted by Gasteiger charge is 2.42.